The van der Waals surface area contributed by atoms with E-state index in [0.717, 1.165) is 51.8 Å². The molecule has 0 N–H and O–H groups in total. The molecule has 5 heterocycles. The highest BCUT2D eigenvalue weighted by molar-refractivity contribution is 7.14. The highest BCUT2D eigenvalue weighted by Gasteiger charge is 2.15. The molecular weight excluding hydrogens is 420 g/mol. The molecule has 0 saturated heterocycles. The average Bonchev–Trinajstić information content (AvgIpc) is 3.25. The van der Waals surface area contributed by atoms with E-state index in [2.05, 4.69) is 38.2 Å². The predicted molar refractivity (Wildman–Crippen MR) is 126 cm³/mol. The Kier molecular flexibility index (Phi) is 5.55. The zero-order valence-corrected chi connectivity index (χ0v) is 18.8. The van der Waals surface area contributed by atoms with E-state index in [1.807, 2.05) is 31.2 Å². The molecule has 0 spiro atoms. The van der Waals surface area contributed by atoms with Crippen molar-refractivity contribution in [1.82, 2.24) is 30.0 Å². The second-order valence-electron chi connectivity index (χ2n) is 7.96. The van der Waals surface area contributed by atoms with E-state index in [1.165, 1.54) is 16.9 Å². The fourth-order valence-corrected chi connectivity index (χ4v) is 4.38. The van der Waals surface area contributed by atoms with Crippen LogP contribution in [0.4, 0.5) is 0 Å². The molecule has 0 amide bonds. The lowest BCUT2D eigenvalue weighted by Gasteiger charge is -2.21. The fraction of sp³-hybridized carbons (Fsp3) is 0.250. The zero-order valence-electron chi connectivity index (χ0n) is 17.9. The molecule has 0 saturated carbocycles. The third-order valence-corrected chi connectivity index (χ3v) is 6.40. The van der Waals surface area contributed by atoms with Crippen LogP contribution in [-0.4, -0.2) is 56.0 Å². The molecule has 0 aliphatic carbocycles. The van der Waals surface area contributed by atoms with Gasteiger partial charge in [0.25, 0.3) is 0 Å². The van der Waals surface area contributed by atoms with Gasteiger partial charge in [0, 0.05) is 36.4 Å². The third kappa shape index (κ3) is 4.32. The Labute approximate surface area is 189 Å². The number of pyridine rings is 3. The number of aromatic nitrogens is 5. The van der Waals surface area contributed by atoms with Crippen molar-refractivity contribution >= 4 is 33.6 Å². The minimum atomic E-state index is 0.0185. The Morgan fingerprint density at radius 3 is 2.81 bits per heavy atom. The molecule has 0 unspecified atom stereocenters. The molecule has 8 heteroatoms. The molecule has 4 aromatic rings. The summed E-state index contributed by atoms with van der Waals surface area (Å²) < 4.78 is 0. The molecule has 5 rings (SSSR count). The Balaban J connectivity index is 1.38. The number of fused-ring (bicyclic) bond motifs is 1. The highest BCUT2D eigenvalue weighted by atomic mass is 32.1. The number of nitrogens with zero attached hydrogens (tertiary/aromatic N) is 6. The van der Waals surface area contributed by atoms with E-state index in [1.54, 1.807) is 18.5 Å². The maximum absolute atomic E-state index is 13.0. The van der Waals surface area contributed by atoms with Gasteiger partial charge >= 0.3 is 0 Å². The summed E-state index contributed by atoms with van der Waals surface area (Å²) in [6.45, 7) is 3.82. The van der Waals surface area contributed by atoms with Gasteiger partial charge in [0.05, 0.1) is 23.3 Å². The van der Waals surface area contributed by atoms with Crippen LogP contribution >= 0.6 is 11.3 Å². The first-order valence-electron chi connectivity index (χ1n) is 10.5. The first kappa shape index (κ1) is 20.5. The van der Waals surface area contributed by atoms with E-state index >= 15 is 0 Å². The summed E-state index contributed by atoms with van der Waals surface area (Å²) in [7, 11) is 2.10. The van der Waals surface area contributed by atoms with Gasteiger partial charge in [0.1, 0.15) is 10.7 Å². The number of ketones is 1. The van der Waals surface area contributed by atoms with Gasteiger partial charge in [-0.05, 0) is 56.3 Å². The molecule has 4 aromatic heterocycles. The number of Topliss-reactive ketones (excluding diaryl/α,β-unsaturated/α-hetero) is 1. The summed E-state index contributed by atoms with van der Waals surface area (Å²) in [5.41, 5.74) is 5.00. The average molecular weight is 443 g/mol. The fourth-order valence-electron chi connectivity index (χ4n) is 3.72. The van der Waals surface area contributed by atoms with Crippen LogP contribution in [0.5, 0.6) is 0 Å². The van der Waals surface area contributed by atoms with Gasteiger partial charge in [-0.25, -0.2) is 4.98 Å². The summed E-state index contributed by atoms with van der Waals surface area (Å²) >= 11 is 1.51. The zero-order chi connectivity index (χ0) is 22.1. The van der Waals surface area contributed by atoms with Gasteiger partial charge in [-0.3, -0.25) is 14.8 Å². The van der Waals surface area contributed by atoms with Crippen molar-refractivity contribution in [3.05, 3.63) is 70.8 Å². The highest BCUT2D eigenvalue weighted by Crippen LogP contribution is 2.24. The minimum absolute atomic E-state index is 0.0185. The van der Waals surface area contributed by atoms with Crippen molar-refractivity contribution in [1.29, 1.82) is 0 Å². The van der Waals surface area contributed by atoms with Crippen molar-refractivity contribution in [3.8, 4) is 10.7 Å². The van der Waals surface area contributed by atoms with Gasteiger partial charge < -0.3 is 4.90 Å². The largest absolute Gasteiger partial charge is 0.302 e. The van der Waals surface area contributed by atoms with E-state index in [9.17, 15) is 4.79 Å². The number of hydrogen-bond acceptors (Lipinski definition) is 8. The number of rotatable bonds is 5. The lowest BCUT2D eigenvalue weighted by molar-refractivity contribution is 0.0992. The number of hydrogen-bond donors (Lipinski definition) is 0. The first-order valence-corrected chi connectivity index (χ1v) is 11.3. The second-order valence-corrected chi connectivity index (χ2v) is 9.14. The van der Waals surface area contributed by atoms with Crippen LogP contribution in [0.1, 0.15) is 33.2 Å². The molecule has 0 bridgehead atoms. The van der Waals surface area contributed by atoms with E-state index in [0.29, 0.717) is 11.3 Å². The maximum Gasteiger partial charge on any atom is 0.168 e. The van der Waals surface area contributed by atoms with Crippen LogP contribution in [0.25, 0.3) is 27.2 Å². The van der Waals surface area contributed by atoms with Crippen LogP contribution in [0.15, 0.2) is 48.8 Å². The van der Waals surface area contributed by atoms with E-state index in [4.69, 9.17) is 4.98 Å². The van der Waals surface area contributed by atoms with Crippen LogP contribution < -0.4 is 0 Å². The van der Waals surface area contributed by atoms with Crippen molar-refractivity contribution in [2.24, 2.45) is 0 Å². The van der Waals surface area contributed by atoms with Gasteiger partial charge in [-0.2, -0.15) is 0 Å². The normalized spacial score (nSPS) is 14.5. The first-order chi connectivity index (χ1) is 15.5. The lowest BCUT2D eigenvalue weighted by Crippen LogP contribution is -2.23. The molecule has 0 aromatic carbocycles. The monoisotopic (exact) mass is 442 g/mol. The van der Waals surface area contributed by atoms with Crippen LogP contribution in [0.2, 0.25) is 0 Å². The van der Waals surface area contributed by atoms with Gasteiger partial charge in [0.15, 0.2) is 10.8 Å². The summed E-state index contributed by atoms with van der Waals surface area (Å²) in [5, 5.41) is 10.9. The summed E-state index contributed by atoms with van der Waals surface area (Å²) in [4.78, 5) is 28.9. The predicted octanol–water partition coefficient (Wildman–Crippen LogP) is 4.00. The maximum atomic E-state index is 13.0. The van der Waals surface area contributed by atoms with Gasteiger partial charge in [0.2, 0.25) is 0 Å². The number of carbonyl (C=O) groups excluding carboxylic acids is 1. The molecular formula is C24H22N6OS. The lowest BCUT2D eigenvalue weighted by atomic mass is 10.0. The van der Waals surface area contributed by atoms with Crippen LogP contribution in [0.3, 0.4) is 0 Å². The van der Waals surface area contributed by atoms with Crippen LogP contribution in [0, 0.1) is 6.92 Å². The molecule has 1 aliphatic rings. The van der Waals surface area contributed by atoms with Crippen LogP contribution in [-0.2, 0) is 6.42 Å². The molecule has 1 aliphatic heterocycles. The Bertz CT molecular complexity index is 1350. The van der Waals surface area contributed by atoms with Crippen molar-refractivity contribution in [3.63, 3.8) is 0 Å². The topological polar surface area (TPSA) is 84.8 Å². The summed E-state index contributed by atoms with van der Waals surface area (Å²) in [5.74, 6) is 0.0185. The molecule has 0 atom stereocenters. The van der Waals surface area contributed by atoms with Crippen molar-refractivity contribution < 1.29 is 4.79 Å². The molecule has 0 fully saturated rings. The van der Waals surface area contributed by atoms with Gasteiger partial charge in [-0.1, -0.05) is 17.4 Å². The smallest absolute Gasteiger partial charge is 0.168 e. The SMILES string of the molecule is Cc1nnc(-c2ccc3cnc(CC(=O)c4ccnc(C5=CCN(C)CC5)c4)cc3n2)s1. The molecule has 32 heavy (non-hydrogen) atoms. The third-order valence-electron chi connectivity index (χ3n) is 5.54. The number of likely N-dealkylation sites (N-methyl/N-ethyl adjacent to an activating group) is 1. The number of carbonyl (C=O) groups is 1. The second kappa shape index (κ2) is 8.64. The molecule has 0 radical (unpaired) electrons. The molecule has 7 nitrogen and oxygen atoms in total. The number of aryl methyl sites for hydroxylation is 1. The van der Waals surface area contributed by atoms with E-state index < -0.39 is 0 Å². The minimum Gasteiger partial charge on any atom is -0.302 e. The van der Waals surface area contributed by atoms with Crippen molar-refractivity contribution in [2.75, 3.05) is 20.1 Å². The standard InChI is InChI=1S/C24H22N6OS/c1-15-28-29-24(32-15)20-4-3-18-14-26-19(12-22(18)27-20)13-23(31)17-5-8-25-21(11-17)16-6-9-30(2)10-7-16/h3-6,8,11-12,14H,7,9-10,13H2,1-2H3. The van der Waals surface area contributed by atoms with Gasteiger partial charge in [-0.15, -0.1) is 10.2 Å². The quantitative estimate of drug-likeness (QED) is 0.432. The Hall–Kier alpha value is -3.36. The van der Waals surface area contributed by atoms with Crippen molar-refractivity contribution in [2.45, 2.75) is 19.8 Å². The Morgan fingerprint density at radius 1 is 1.12 bits per heavy atom. The molecule has 160 valence electrons. The summed E-state index contributed by atoms with van der Waals surface area (Å²) in [6.07, 6.45) is 6.82. The van der Waals surface area contributed by atoms with E-state index in [-0.39, 0.29) is 12.2 Å². The Morgan fingerprint density at radius 2 is 2.03 bits per heavy atom. The summed E-state index contributed by atoms with van der Waals surface area (Å²) in [6, 6.07) is 9.44.